The molecule has 0 bridgehead atoms. The van der Waals surface area contributed by atoms with Gasteiger partial charge in [-0.2, -0.15) is 0 Å². The molecule has 9 heteroatoms. The average molecular weight is 469 g/mol. The zero-order valence-electron chi connectivity index (χ0n) is 18.0. The fraction of sp³-hybridized carbons (Fsp3) is 0.208. The predicted octanol–water partition coefficient (Wildman–Crippen LogP) is 3.38. The Hall–Kier alpha value is -3.72. The monoisotopic (exact) mass is 468 g/mol. The molecule has 1 heterocycles. The first kappa shape index (κ1) is 22.5. The number of amides is 1. The van der Waals surface area contributed by atoms with Crippen molar-refractivity contribution in [1.29, 1.82) is 0 Å². The summed E-state index contributed by atoms with van der Waals surface area (Å²) in [5.74, 6) is 1.32. The number of rotatable bonds is 8. The molecule has 0 atom stereocenters. The number of hydrogen-bond donors (Lipinski definition) is 2. The summed E-state index contributed by atoms with van der Waals surface area (Å²) in [6.45, 7) is 3.35. The quantitative estimate of drug-likeness (QED) is 0.492. The number of hydrogen-bond acceptors (Lipinski definition) is 6. The lowest BCUT2D eigenvalue weighted by Crippen LogP contribution is -2.28. The molecule has 4 rings (SSSR count). The highest BCUT2D eigenvalue weighted by Crippen LogP contribution is 2.32. The van der Waals surface area contributed by atoms with Crippen molar-refractivity contribution in [3.05, 3.63) is 77.9 Å². The normalized spacial score (nSPS) is 12.6. The predicted molar refractivity (Wildman–Crippen MR) is 124 cm³/mol. The summed E-state index contributed by atoms with van der Waals surface area (Å²) in [6, 6.07) is 18.3. The highest BCUT2D eigenvalue weighted by molar-refractivity contribution is 7.92. The Morgan fingerprint density at radius 1 is 0.970 bits per heavy atom. The van der Waals surface area contributed by atoms with Gasteiger partial charge in [0.05, 0.1) is 11.4 Å². The van der Waals surface area contributed by atoms with E-state index in [0.29, 0.717) is 43.4 Å². The number of carbonyl (C=O) groups excluding carboxylic acids is 1. The number of sulfonamides is 1. The van der Waals surface area contributed by atoms with E-state index in [2.05, 4.69) is 10.0 Å². The smallest absolute Gasteiger partial charge is 0.262 e. The standard InChI is InChI=1S/C24H24N2O6S/c1-17-5-2-3-8-21(17)30-12-11-25-24(27)18-6-4-7-19(15-18)26-33(28,29)20-9-10-22-23(16-20)32-14-13-31-22/h2-10,15-16,26H,11-14H2,1H3,(H,25,27). The summed E-state index contributed by atoms with van der Waals surface area (Å²) in [7, 11) is -3.88. The van der Waals surface area contributed by atoms with Crippen molar-refractivity contribution >= 4 is 21.6 Å². The number of benzene rings is 3. The maximum Gasteiger partial charge on any atom is 0.262 e. The number of fused-ring (bicyclic) bond motifs is 1. The fourth-order valence-corrected chi connectivity index (χ4v) is 4.34. The van der Waals surface area contributed by atoms with Crippen molar-refractivity contribution in [2.24, 2.45) is 0 Å². The molecule has 0 saturated carbocycles. The molecule has 0 radical (unpaired) electrons. The van der Waals surface area contributed by atoms with Crippen LogP contribution >= 0.6 is 0 Å². The van der Waals surface area contributed by atoms with E-state index in [-0.39, 0.29) is 16.5 Å². The van der Waals surface area contributed by atoms with Crippen LogP contribution in [0.2, 0.25) is 0 Å². The van der Waals surface area contributed by atoms with E-state index >= 15 is 0 Å². The fourth-order valence-electron chi connectivity index (χ4n) is 3.27. The maximum absolute atomic E-state index is 12.8. The molecular weight excluding hydrogens is 444 g/mol. The van der Waals surface area contributed by atoms with Crippen LogP contribution in [0.5, 0.6) is 17.2 Å². The Kier molecular flexibility index (Phi) is 6.69. The minimum Gasteiger partial charge on any atom is -0.491 e. The van der Waals surface area contributed by atoms with Crippen LogP contribution in [0.4, 0.5) is 5.69 Å². The Morgan fingerprint density at radius 3 is 2.58 bits per heavy atom. The second kappa shape index (κ2) is 9.83. The Bertz CT molecular complexity index is 1260. The first-order chi connectivity index (χ1) is 15.9. The Labute approximate surface area is 192 Å². The van der Waals surface area contributed by atoms with Crippen molar-refractivity contribution in [3.63, 3.8) is 0 Å². The second-order valence-corrected chi connectivity index (χ2v) is 9.04. The van der Waals surface area contributed by atoms with Gasteiger partial charge < -0.3 is 19.5 Å². The molecule has 0 aliphatic carbocycles. The maximum atomic E-state index is 12.8. The largest absolute Gasteiger partial charge is 0.491 e. The van der Waals surface area contributed by atoms with Crippen LogP contribution in [0.25, 0.3) is 0 Å². The highest BCUT2D eigenvalue weighted by atomic mass is 32.2. The number of anilines is 1. The van der Waals surface area contributed by atoms with Gasteiger partial charge in [-0.05, 0) is 48.9 Å². The van der Waals surface area contributed by atoms with Gasteiger partial charge in [-0.3, -0.25) is 9.52 Å². The van der Waals surface area contributed by atoms with E-state index in [9.17, 15) is 13.2 Å². The van der Waals surface area contributed by atoms with Crippen LogP contribution in [0.15, 0.2) is 71.6 Å². The van der Waals surface area contributed by atoms with Gasteiger partial charge in [0.2, 0.25) is 0 Å². The highest BCUT2D eigenvalue weighted by Gasteiger charge is 2.20. The van der Waals surface area contributed by atoms with Gasteiger partial charge in [-0.15, -0.1) is 0 Å². The first-order valence-corrected chi connectivity index (χ1v) is 11.9. The van der Waals surface area contributed by atoms with Gasteiger partial charge in [-0.1, -0.05) is 24.3 Å². The van der Waals surface area contributed by atoms with Gasteiger partial charge in [0.15, 0.2) is 11.5 Å². The molecule has 0 unspecified atom stereocenters. The molecule has 3 aromatic rings. The van der Waals surface area contributed by atoms with Crippen molar-refractivity contribution in [2.45, 2.75) is 11.8 Å². The van der Waals surface area contributed by atoms with Crippen LogP contribution in [-0.4, -0.2) is 40.7 Å². The lowest BCUT2D eigenvalue weighted by molar-refractivity contribution is 0.0947. The summed E-state index contributed by atoms with van der Waals surface area (Å²) in [5, 5.41) is 2.77. The van der Waals surface area contributed by atoms with Gasteiger partial charge >= 0.3 is 0 Å². The molecule has 0 aromatic heterocycles. The molecule has 1 aliphatic heterocycles. The number of aryl methyl sites for hydroxylation is 1. The van der Waals surface area contributed by atoms with Crippen molar-refractivity contribution in [1.82, 2.24) is 5.32 Å². The zero-order valence-corrected chi connectivity index (χ0v) is 18.9. The lowest BCUT2D eigenvalue weighted by atomic mass is 10.2. The molecule has 0 fully saturated rings. The van der Waals surface area contributed by atoms with Gasteiger partial charge in [0.1, 0.15) is 25.6 Å². The number of nitrogens with one attached hydrogen (secondary N) is 2. The van der Waals surface area contributed by atoms with E-state index in [4.69, 9.17) is 14.2 Å². The van der Waals surface area contributed by atoms with E-state index in [1.807, 2.05) is 31.2 Å². The lowest BCUT2D eigenvalue weighted by Gasteiger charge is -2.19. The van der Waals surface area contributed by atoms with Crippen LogP contribution in [0.3, 0.4) is 0 Å². The molecule has 33 heavy (non-hydrogen) atoms. The molecule has 0 saturated heterocycles. The SMILES string of the molecule is Cc1ccccc1OCCNC(=O)c1cccc(NS(=O)(=O)c2ccc3c(c2)OCCO3)c1. The van der Waals surface area contributed by atoms with Crippen molar-refractivity contribution in [2.75, 3.05) is 31.1 Å². The molecular formula is C24H24N2O6S. The number of carbonyl (C=O) groups is 1. The van der Waals surface area contributed by atoms with Crippen molar-refractivity contribution < 1.29 is 27.4 Å². The van der Waals surface area contributed by atoms with E-state index in [1.165, 1.54) is 18.2 Å². The molecule has 172 valence electrons. The zero-order chi connectivity index (χ0) is 23.3. The summed E-state index contributed by atoms with van der Waals surface area (Å²) in [4.78, 5) is 12.5. The third-order valence-corrected chi connectivity index (χ3v) is 6.32. The second-order valence-electron chi connectivity index (χ2n) is 7.36. The summed E-state index contributed by atoms with van der Waals surface area (Å²) in [5.41, 5.74) is 1.61. The Balaban J connectivity index is 1.37. The van der Waals surface area contributed by atoms with Gasteiger partial charge in [0, 0.05) is 17.3 Å². The molecule has 2 N–H and O–H groups in total. The molecule has 1 aliphatic rings. The molecule has 0 spiro atoms. The Morgan fingerprint density at radius 2 is 1.76 bits per heavy atom. The van der Waals surface area contributed by atoms with Crippen LogP contribution < -0.4 is 24.2 Å². The van der Waals surface area contributed by atoms with E-state index in [1.54, 1.807) is 24.3 Å². The summed E-state index contributed by atoms with van der Waals surface area (Å²) in [6.07, 6.45) is 0. The minimum absolute atomic E-state index is 0.0370. The van der Waals surface area contributed by atoms with Crippen LogP contribution in [-0.2, 0) is 10.0 Å². The van der Waals surface area contributed by atoms with E-state index < -0.39 is 10.0 Å². The molecule has 3 aromatic carbocycles. The van der Waals surface area contributed by atoms with E-state index in [0.717, 1.165) is 11.3 Å². The molecule has 1 amide bonds. The third-order valence-electron chi connectivity index (χ3n) is 4.94. The van der Waals surface area contributed by atoms with Gasteiger partial charge in [-0.25, -0.2) is 8.42 Å². The summed E-state index contributed by atoms with van der Waals surface area (Å²) < 4.78 is 44.7. The van der Waals surface area contributed by atoms with Crippen LogP contribution in [0.1, 0.15) is 15.9 Å². The van der Waals surface area contributed by atoms with Crippen LogP contribution in [0, 0.1) is 6.92 Å². The number of para-hydroxylation sites is 1. The molecule has 8 nitrogen and oxygen atoms in total. The average Bonchev–Trinajstić information content (AvgIpc) is 2.82. The van der Waals surface area contributed by atoms with Crippen molar-refractivity contribution in [3.8, 4) is 17.2 Å². The topological polar surface area (TPSA) is 103 Å². The van der Waals surface area contributed by atoms with Gasteiger partial charge in [0.25, 0.3) is 15.9 Å². The number of ether oxygens (including phenoxy) is 3. The first-order valence-electron chi connectivity index (χ1n) is 10.4. The minimum atomic E-state index is -3.88. The summed E-state index contributed by atoms with van der Waals surface area (Å²) >= 11 is 0. The third kappa shape index (κ3) is 5.56.